The molecule has 0 aromatic carbocycles. The zero-order valence-electron chi connectivity index (χ0n) is 9.13. The lowest BCUT2D eigenvalue weighted by atomic mass is 9.83. The van der Waals surface area contributed by atoms with Gasteiger partial charge in [-0.1, -0.05) is 12.5 Å². The maximum Gasteiger partial charge on any atom is 0.433 e. The van der Waals surface area contributed by atoms with Gasteiger partial charge in [0, 0.05) is 18.5 Å². The molecule has 0 radical (unpaired) electrons. The van der Waals surface area contributed by atoms with Crippen LogP contribution < -0.4 is 0 Å². The Morgan fingerprint density at radius 3 is 2.53 bits per heavy atom. The first kappa shape index (κ1) is 12.1. The third kappa shape index (κ3) is 2.65. The first-order chi connectivity index (χ1) is 7.98. The Labute approximate surface area is 96.9 Å². The second kappa shape index (κ2) is 4.47. The number of ketones is 1. The summed E-state index contributed by atoms with van der Waals surface area (Å²) < 4.78 is 36.9. The number of carbonyl (C=O) groups is 1. The highest BCUT2D eigenvalue weighted by molar-refractivity contribution is 5.86. The molecule has 0 saturated heterocycles. The monoisotopic (exact) mass is 243 g/mol. The smallest absolute Gasteiger partial charge is 0.299 e. The summed E-state index contributed by atoms with van der Waals surface area (Å²) in [7, 11) is 0. The normalized spacial score (nSPS) is 21.6. The number of carbonyl (C=O) groups excluding carboxylic acids is 1. The molecule has 1 aromatic rings. The fourth-order valence-corrected chi connectivity index (χ4v) is 2.11. The van der Waals surface area contributed by atoms with Crippen molar-refractivity contribution in [2.24, 2.45) is 0 Å². The van der Waals surface area contributed by atoms with Crippen LogP contribution in [0.25, 0.3) is 0 Å². The molecule has 2 nitrogen and oxygen atoms in total. The molecule has 0 aliphatic heterocycles. The molecule has 1 atom stereocenters. The van der Waals surface area contributed by atoms with Crippen molar-refractivity contribution in [3.05, 3.63) is 29.6 Å². The topological polar surface area (TPSA) is 30.0 Å². The molecule has 0 N–H and O–H groups in total. The molecule has 1 aliphatic rings. The Hall–Kier alpha value is -1.39. The summed E-state index contributed by atoms with van der Waals surface area (Å²) in [6, 6.07) is 2.31. The summed E-state index contributed by atoms with van der Waals surface area (Å²) in [6.07, 6.45) is -0.190. The lowest BCUT2D eigenvalue weighted by Gasteiger charge is -2.20. The maximum atomic E-state index is 12.3. The highest BCUT2D eigenvalue weighted by Crippen LogP contribution is 2.32. The van der Waals surface area contributed by atoms with Gasteiger partial charge in [-0.25, -0.2) is 0 Å². The predicted octanol–water partition coefficient (Wildman–Crippen LogP) is 3.33. The van der Waals surface area contributed by atoms with Crippen LogP contribution in [0.5, 0.6) is 0 Å². The van der Waals surface area contributed by atoms with Crippen molar-refractivity contribution >= 4 is 5.78 Å². The van der Waals surface area contributed by atoms with Crippen molar-refractivity contribution in [1.29, 1.82) is 0 Å². The maximum absolute atomic E-state index is 12.3. The standard InChI is InChI=1S/C12H12F3NO/c13-12(14,15)11-6-5-8(7-16-11)9-3-1-2-4-10(9)17/h5-7,9H,1-4H2. The molecule has 17 heavy (non-hydrogen) atoms. The van der Waals surface area contributed by atoms with E-state index in [2.05, 4.69) is 4.98 Å². The highest BCUT2D eigenvalue weighted by Gasteiger charge is 2.32. The number of hydrogen-bond donors (Lipinski definition) is 0. The van der Waals surface area contributed by atoms with Crippen molar-refractivity contribution < 1.29 is 18.0 Å². The lowest BCUT2D eigenvalue weighted by Crippen LogP contribution is -2.17. The van der Waals surface area contributed by atoms with E-state index in [1.807, 2.05) is 0 Å². The summed E-state index contributed by atoms with van der Waals surface area (Å²) in [5.41, 5.74) is -0.313. The summed E-state index contributed by atoms with van der Waals surface area (Å²) in [5.74, 6) is -0.156. The molecule has 5 heteroatoms. The molecule has 1 aliphatic carbocycles. The van der Waals surface area contributed by atoms with Crippen LogP contribution in [-0.4, -0.2) is 10.8 Å². The van der Waals surface area contributed by atoms with Crippen molar-refractivity contribution in [1.82, 2.24) is 4.98 Å². The fourth-order valence-electron chi connectivity index (χ4n) is 2.11. The molecule has 1 heterocycles. The highest BCUT2D eigenvalue weighted by atomic mass is 19.4. The average Bonchev–Trinajstić information content (AvgIpc) is 2.29. The Morgan fingerprint density at radius 1 is 1.24 bits per heavy atom. The molecule has 2 rings (SSSR count). The number of hydrogen-bond acceptors (Lipinski definition) is 2. The van der Waals surface area contributed by atoms with Gasteiger partial charge in [0.25, 0.3) is 0 Å². The van der Waals surface area contributed by atoms with E-state index in [-0.39, 0.29) is 11.7 Å². The SMILES string of the molecule is O=C1CCCCC1c1ccc(C(F)(F)F)nc1. The van der Waals surface area contributed by atoms with Gasteiger partial charge >= 0.3 is 6.18 Å². The van der Waals surface area contributed by atoms with Gasteiger partial charge in [-0.2, -0.15) is 13.2 Å². The minimum Gasteiger partial charge on any atom is -0.299 e. The van der Waals surface area contributed by atoms with Crippen LogP contribution in [-0.2, 0) is 11.0 Å². The van der Waals surface area contributed by atoms with Crippen LogP contribution in [0.4, 0.5) is 13.2 Å². The molecule has 0 spiro atoms. The molecular weight excluding hydrogens is 231 g/mol. The van der Waals surface area contributed by atoms with Gasteiger partial charge in [0.15, 0.2) is 0 Å². The second-order valence-corrected chi connectivity index (χ2v) is 4.24. The van der Waals surface area contributed by atoms with E-state index >= 15 is 0 Å². The number of Topliss-reactive ketones (excluding diaryl/α,β-unsaturated/α-hetero) is 1. The number of alkyl halides is 3. The summed E-state index contributed by atoms with van der Waals surface area (Å²) in [4.78, 5) is 15.0. The van der Waals surface area contributed by atoms with Crippen LogP contribution in [0, 0.1) is 0 Å². The number of halogens is 3. The number of aromatic nitrogens is 1. The van der Waals surface area contributed by atoms with Crippen molar-refractivity contribution in [2.45, 2.75) is 37.8 Å². The Morgan fingerprint density at radius 2 is 2.00 bits per heavy atom. The minimum absolute atomic E-state index is 0.109. The molecular formula is C12H12F3NO. The predicted molar refractivity (Wildman–Crippen MR) is 55.5 cm³/mol. The minimum atomic E-state index is -4.42. The van der Waals surface area contributed by atoms with E-state index in [4.69, 9.17) is 0 Å². The quantitative estimate of drug-likeness (QED) is 0.757. The number of pyridine rings is 1. The average molecular weight is 243 g/mol. The van der Waals surface area contributed by atoms with Gasteiger partial charge < -0.3 is 0 Å². The first-order valence-electron chi connectivity index (χ1n) is 5.54. The van der Waals surface area contributed by atoms with Crippen LogP contribution in [0.15, 0.2) is 18.3 Å². The first-order valence-corrected chi connectivity index (χ1v) is 5.54. The third-order valence-electron chi connectivity index (χ3n) is 3.03. The van der Waals surface area contributed by atoms with E-state index in [1.165, 1.54) is 12.3 Å². The van der Waals surface area contributed by atoms with E-state index in [0.29, 0.717) is 18.4 Å². The molecule has 0 bridgehead atoms. The Kier molecular flexibility index (Phi) is 3.17. The molecule has 0 amide bonds. The van der Waals surface area contributed by atoms with Gasteiger partial charge in [0.2, 0.25) is 0 Å². The zero-order chi connectivity index (χ0) is 12.5. The van der Waals surface area contributed by atoms with Crippen molar-refractivity contribution in [2.75, 3.05) is 0 Å². The molecule has 1 saturated carbocycles. The molecule has 1 fully saturated rings. The fraction of sp³-hybridized carbons (Fsp3) is 0.500. The van der Waals surface area contributed by atoms with Crippen LogP contribution in [0.1, 0.15) is 42.9 Å². The van der Waals surface area contributed by atoms with E-state index in [1.54, 1.807) is 0 Å². The van der Waals surface area contributed by atoms with Crippen molar-refractivity contribution in [3.8, 4) is 0 Å². The van der Waals surface area contributed by atoms with Crippen LogP contribution >= 0.6 is 0 Å². The Bertz CT molecular complexity index is 411. The number of rotatable bonds is 1. The number of nitrogens with zero attached hydrogens (tertiary/aromatic N) is 1. The second-order valence-electron chi connectivity index (χ2n) is 4.24. The molecule has 1 unspecified atom stereocenters. The van der Waals surface area contributed by atoms with Crippen LogP contribution in [0.3, 0.4) is 0 Å². The summed E-state index contributed by atoms with van der Waals surface area (Å²) in [6.45, 7) is 0. The van der Waals surface area contributed by atoms with Gasteiger partial charge in [0.05, 0.1) is 0 Å². The van der Waals surface area contributed by atoms with E-state index < -0.39 is 11.9 Å². The zero-order valence-corrected chi connectivity index (χ0v) is 9.13. The van der Waals surface area contributed by atoms with Gasteiger partial charge in [-0.3, -0.25) is 9.78 Å². The van der Waals surface area contributed by atoms with E-state index in [0.717, 1.165) is 18.9 Å². The van der Waals surface area contributed by atoms with Gasteiger partial charge in [0.1, 0.15) is 11.5 Å². The summed E-state index contributed by atoms with van der Waals surface area (Å²) >= 11 is 0. The van der Waals surface area contributed by atoms with Gasteiger partial charge in [-0.15, -0.1) is 0 Å². The van der Waals surface area contributed by atoms with E-state index in [9.17, 15) is 18.0 Å². The van der Waals surface area contributed by atoms with Crippen LogP contribution in [0.2, 0.25) is 0 Å². The summed E-state index contributed by atoms with van der Waals surface area (Å²) in [5, 5.41) is 0. The van der Waals surface area contributed by atoms with Gasteiger partial charge in [-0.05, 0) is 24.5 Å². The molecule has 1 aromatic heterocycles. The largest absolute Gasteiger partial charge is 0.433 e. The Balaban J connectivity index is 2.20. The molecule has 92 valence electrons. The van der Waals surface area contributed by atoms with Crippen molar-refractivity contribution in [3.63, 3.8) is 0 Å². The third-order valence-corrected chi connectivity index (χ3v) is 3.03. The lowest BCUT2D eigenvalue weighted by molar-refractivity contribution is -0.141.